The molecule has 2 atom stereocenters. The number of ether oxygens (including phenoxy) is 1. The fourth-order valence-electron chi connectivity index (χ4n) is 2.03. The molecule has 0 heterocycles. The highest BCUT2D eigenvalue weighted by Crippen LogP contribution is 2.27. The van der Waals surface area contributed by atoms with E-state index in [0.717, 1.165) is 5.56 Å². The largest absolute Gasteiger partial charge is 0.461 e. The molecule has 0 amide bonds. The molecule has 1 aliphatic carbocycles. The van der Waals surface area contributed by atoms with Gasteiger partial charge in [-0.3, -0.25) is 4.79 Å². The molecule has 2 rings (SSSR count). The topological polar surface area (TPSA) is 66.8 Å². The molecule has 92 valence electrons. The van der Waals surface area contributed by atoms with Crippen LogP contribution in [0.15, 0.2) is 30.3 Å². The highest BCUT2D eigenvalue weighted by Gasteiger charge is 2.36. The molecule has 0 aliphatic heterocycles. The van der Waals surface area contributed by atoms with Crippen molar-refractivity contribution >= 4 is 5.97 Å². The second-order valence-corrected chi connectivity index (χ2v) is 4.40. The molecule has 1 aliphatic rings. The molecule has 0 radical (unpaired) electrons. The van der Waals surface area contributed by atoms with Crippen molar-refractivity contribution in [2.45, 2.75) is 31.7 Å². The Morgan fingerprint density at radius 1 is 1.18 bits per heavy atom. The van der Waals surface area contributed by atoms with Crippen LogP contribution in [0.25, 0.3) is 0 Å². The third kappa shape index (κ3) is 3.05. The molecule has 1 aromatic carbocycles. The Labute approximate surface area is 99.8 Å². The molecule has 2 N–H and O–H groups in total. The van der Waals surface area contributed by atoms with E-state index in [2.05, 4.69) is 0 Å². The summed E-state index contributed by atoms with van der Waals surface area (Å²) in [6, 6.07) is 9.42. The normalized spacial score (nSPS) is 28.0. The Morgan fingerprint density at radius 2 is 1.76 bits per heavy atom. The fourth-order valence-corrected chi connectivity index (χ4v) is 2.03. The van der Waals surface area contributed by atoms with Gasteiger partial charge >= 0.3 is 5.97 Å². The van der Waals surface area contributed by atoms with Crippen LogP contribution < -0.4 is 0 Å². The van der Waals surface area contributed by atoms with Crippen molar-refractivity contribution in [1.29, 1.82) is 0 Å². The van der Waals surface area contributed by atoms with E-state index in [1.54, 1.807) is 0 Å². The molecule has 4 heteroatoms. The van der Waals surface area contributed by atoms with Crippen molar-refractivity contribution < 1.29 is 19.7 Å². The fraction of sp³-hybridized carbons (Fsp3) is 0.462. The number of carbonyl (C=O) groups is 1. The molecule has 4 nitrogen and oxygen atoms in total. The van der Waals surface area contributed by atoms with Crippen LogP contribution in [0.5, 0.6) is 0 Å². The molecular weight excluding hydrogens is 220 g/mol. The summed E-state index contributed by atoms with van der Waals surface area (Å²) in [6.07, 6.45) is -1.03. The minimum absolute atomic E-state index is 0.238. The zero-order valence-electron chi connectivity index (χ0n) is 9.45. The van der Waals surface area contributed by atoms with Crippen molar-refractivity contribution in [2.24, 2.45) is 5.92 Å². The predicted octanol–water partition coefficient (Wildman–Crippen LogP) is 0.862. The number of benzene rings is 1. The molecular formula is C13H16O4. The van der Waals surface area contributed by atoms with Gasteiger partial charge in [-0.1, -0.05) is 30.3 Å². The summed E-state index contributed by atoms with van der Waals surface area (Å²) in [5, 5.41) is 18.7. The quantitative estimate of drug-likeness (QED) is 0.764. The number of esters is 1. The first-order valence-electron chi connectivity index (χ1n) is 5.73. The first-order valence-corrected chi connectivity index (χ1v) is 5.73. The maximum atomic E-state index is 11.7. The van der Waals surface area contributed by atoms with E-state index in [0.29, 0.717) is 0 Å². The summed E-state index contributed by atoms with van der Waals surface area (Å²) in [5.41, 5.74) is 0.931. The molecule has 2 unspecified atom stereocenters. The number of hydrogen-bond acceptors (Lipinski definition) is 4. The van der Waals surface area contributed by atoms with Gasteiger partial charge in [0.25, 0.3) is 0 Å². The van der Waals surface area contributed by atoms with Crippen LogP contribution in [0, 0.1) is 5.92 Å². The average Bonchev–Trinajstić information content (AvgIpc) is 2.68. The van der Waals surface area contributed by atoms with Gasteiger partial charge in [-0.25, -0.2) is 0 Å². The van der Waals surface area contributed by atoms with Crippen LogP contribution in [-0.2, 0) is 16.1 Å². The Kier molecular flexibility index (Phi) is 3.76. The zero-order valence-corrected chi connectivity index (χ0v) is 9.45. The number of rotatable bonds is 3. The summed E-state index contributed by atoms with van der Waals surface area (Å²) in [4.78, 5) is 11.7. The van der Waals surface area contributed by atoms with E-state index in [1.165, 1.54) is 0 Å². The monoisotopic (exact) mass is 236 g/mol. The second-order valence-electron chi connectivity index (χ2n) is 4.40. The minimum atomic E-state index is -0.802. The zero-order chi connectivity index (χ0) is 12.3. The van der Waals surface area contributed by atoms with Crippen LogP contribution >= 0.6 is 0 Å². The molecule has 0 saturated heterocycles. The van der Waals surface area contributed by atoms with Crippen LogP contribution in [0.3, 0.4) is 0 Å². The summed E-state index contributed by atoms with van der Waals surface area (Å²) < 4.78 is 5.15. The molecule has 1 fully saturated rings. The number of hydrogen-bond donors (Lipinski definition) is 2. The van der Waals surface area contributed by atoms with E-state index in [1.807, 2.05) is 30.3 Å². The molecule has 0 aromatic heterocycles. The lowest BCUT2D eigenvalue weighted by Crippen LogP contribution is -2.17. The van der Waals surface area contributed by atoms with Crippen LogP contribution in [0.1, 0.15) is 18.4 Å². The van der Waals surface area contributed by atoms with Gasteiger partial charge in [-0.2, -0.15) is 0 Å². The Bertz CT molecular complexity index is 366. The molecule has 0 spiro atoms. The standard InChI is InChI=1S/C13H16O4/c14-11-6-10(7-12(11)15)13(16)17-8-9-4-2-1-3-5-9/h1-5,10-12,14-15H,6-8H2. The summed E-state index contributed by atoms with van der Waals surface area (Å²) in [7, 11) is 0. The lowest BCUT2D eigenvalue weighted by Gasteiger charge is -2.09. The number of aliphatic hydroxyl groups is 2. The van der Waals surface area contributed by atoms with Crippen molar-refractivity contribution in [3.8, 4) is 0 Å². The highest BCUT2D eigenvalue weighted by atomic mass is 16.5. The van der Waals surface area contributed by atoms with Gasteiger partial charge in [0.1, 0.15) is 6.61 Å². The van der Waals surface area contributed by atoms with Gasteiger partial charge in [-0.05, 0) is 18.4 Å². The molecule has 17 heavy (non-hydrogen) atoms. The van der Waals surface area contributed by atoms with E-state index >= 15 is 0 Å². The average molecular weight is 236 g/mol. The van der Waals surface area contributed by atoms with Crippen molar-refractivity contribution in [3.05, 3.63) is 35.9 Å². The summed E-state index contributed by atoms with van der Waals surface area (Å²) >= 11 is 0. The summed E-state index contributed by atoms with van der Waals surface area (Å²) in [5.74, 6) is -0.729. The first-order chi connectivity index (χ1) is 8.16. The van der Waals surface area contributed by atoms with Crippen LogP contribution in [0.2, 0.25) is 0 Å². The van der Waals surface area contributed by atoms with Crippen molar-refractivity contribution in [1.82, 2.24) is 0 Å². The molecule has 1 aromatic rings. The van der Waals surface area contributed by atoms with Gasteiger partial charge < -0.3 is 14.9 Å². The Hall–Kier alpha value is -1.39. The lowest BCUT2D eigenvalue weighted by atomic mass is 10.1. The highest BCUT2D eigenvalue weighted by molar-refractivity contribution is 5.73. The maximum absolute atomic E-state index is 11.7. The van der Waals surface area contributed by atoms with Gasteiger partial charge in [0, 0.05) is 0 Å². The van der Waals surface area contributed by atoms with E-state index < -0.39 is 12.2 Å². The first kappa shape index (κ1) is 12.1. The van der Waals surface area contributed by atoms with Crippen molar-refractivity contribution in [3.63, 3.8) is 0 Å². The second kappa shape index (κ2) is 5.29. The molecule has 1 saturated carbocycles. The summed E-state index contributed by atoms with van der Waals surface area (Å²) in [6.45, 7) is 0.238. The smallest absolute Gasteiger partial charge is 0.309 e. The SMILES string of the molecule is O=C(OCc1ccccc1)C1CC(O)C(O)C1. The minimum Gasteiger partial charge on any atom is -0.461 e. The van der Waals surface area contributed by atoms with Gasteiger partial charge in [0.2, 0.25) is 0 Å². The molecule has 0 bridgehead atoms. The van der Waals surface area contributed by atoms with Crippen molar-refractivity contribution in [2.75, 3.05) is 0 Å². The van der Waals surface area contributed by atoms with Gasteiger partial charge in [0.15, 0.2) is 0 Å². The van der Waals surface area contributed by atoms with E-state index in [-0.39, 0.29) is 31.3 Å². The number of aliphatic hydroxyl groups excluding tert-OH is 2. The third-order valence-corrected chi connectivity index (χ3v) is 3.05. The third-order valence-electron chi connectivity index (χ3n) is 3.05. The van der Waals surface area contributed by atoms with E-state index in [9.17, 15) is 15.0 Å². The Morgan fingerprint density at radius 3 is 2.35 bits per heavy atom. The van der Waals surface area contributed by atoms with Gasteiger partial charge in [-0.15, -0.1) is 0 Å². The lowest BCUT2D eigenvalue weighted by molar-refractivity contribution is -0.150. The Balaban J connectivity index is 1.82. The van der Waals surface area contributed by atoms with E-state index in [4.69, 9.17) is 4.74 Å². The predicted molar refractivity (Wildman–Crippen MR) is 61.0 cm³/mol. The number of carbonyl (C=O) groups excluding carboxylic acids is 1. The van der Waals surface area contributed by atoms with Crippen LogP contribution in [-0.4, -0.2) is 28.4 Å². The van der Waals surface area contributed by atoms with Crippen LogP contribution in [0.4, 0.5) is 0 Å². The van der Waals surface area contributed by atoms with Gasteiger partial charge in [0.05, 0.1) is 18.1 Å². The maximum Gasteiger partial charge on any atom is 0.309 e.